The Hall–Kier alpha value is 2.18. The van der Waals surface area contributed by atoms with Crippen molar-refractivity contribution in [1.82, 2.24) is 5.32 Å². The average Bonchev–Trinajstić information content (AvgIpc) is 1.87. The fraction of sp³-hybridized carbons (Fsp3) is 1.00. The van der Waals surface area contributed by atoms with Crippen LogP contribution in [0.1, 0.15) is 13.8 Å². The zero-order valence-corrected chi connectivity index (χ0v) is 13.7. The molecular weight excluding hydrogens is 236 g/mol. The van der Waals surface area contributed by atoms with Crippen LogP contribution in [0.2, 0.25) is 0 Å². The second-order valence-corrected chi connectivity index (χ2v) is 4.43. The van der Waals surface area contributed by atoms with Crippen LogP contribution in [-0.2, 0) is 22.2 Å². The Morgan fingerprint density at radius 3 is 1.38 bits per heavy atom. The van der Waals surface area contributed by atoms with Gasteiger partial charge in [-0.2, -0.15) is 0 Å². The summed E-state index contributed by atoms with van der Waals surface area (Å²) in [5.74, 6) is 0. The molecule has 0 fully saturated rings. The van der Waals surface area contributed by atoms with Gasteiger partial charge in [-0.15, -0.1) is 0 Å². The summed E-state index contributed by atoms with van der Waals surface area (Å²) >= 11 is -4.56. The quantitative estimate of drug-likeness (QED) is 0.392. The van der Waals surface area contributed by atoms with Crippen molar-refractivity contribution < 1.29 is 76.6 Å². The zero-order chi connectivity index (χ0) is 9.02. The van der Waals surface area contributed by atoms with E-state index in [0.29, 0.717) is 0 Å². The van der Waals surface area contributed by atoms with Crippen molar-refractivity contribution in [3.63, 3.8) is 0 Å². The van der Waals surface area contributed by atoms with E-state index >= 15 is 0 Å². The summed E-state index contributed by atoms with van der Waals surface area (Å²) in [4.78, 5) is 0. The molecule has 4 unspecified atom stereocenters. The molecule has 5 nitrogen and oxygen atoms in total. The third-order valence-corrected chi connectivity index (χ3v) is 2.47. The molecule has 9 heteroatoms. The molecule has 0 spiro atoms. The van der Waals surface area contributed by atoms with E-state index < -0.39 is 32.9 Å². The van der Waals surface area contributed by atoms with Gasteiger partial charge in [-0.1, -0.05) is 0 Å². The molecule has 13 heavy (non-hydrogen) atoms. The minimum Gasteiger partial charge on any atom is -0.771 e. The molecular formula is C4H9NNa2O4S2. The number of nitrogens with one attached hydrogen (secondary N) is 1. The van der Waals surface area contributed by atoms with Crippen LogP contribution in [-0.4, -0.2) is 28.3 Å². The molecule has 0 aliphatic carbocycles. The first-order chi connectivity index (χ1) is 4.95. The summed E-state index contributed by atoms with van der Waals surface area (Å²) in [5, 5.41) is 0.664. The number of rotatable bonds is 4. The summed E-state index contributed by atoms with van der Waals surface area (Å²) < 4.78 is 40.8. The predicted octanol–water partition coefficient (Wildman–Crippen LogP) is -6.97. The normalized spacial score (nSPS) is 18.8. The van der Waals surface area contributed by atoms with Gasteiger partial charge in [-0.25, -0.2) is 0 Å². The minimum absolute atomic E-state index is 0. The molecule has 0 aromatic carbocycles. The van der Waals surface area contributed by atoms with E-state index in [4.69, 9.17) is 0 Å². The van der Waals surface area contributed by atoms with Gasteiger partial charge in [-0.3, -0.25) is 13.7 Å². The molecule has 0 aliphatic heterocycles. The van der Waals surface area contributed by atoms with Crippen LogP contribution in [0.3, 0.4) is 0 Å². The maximum Gasteiger partial charge on any atom is 1.00 e. The number of hydrogen-bond donors (Lipinski definition) is 1. The van der Waals surface area contributed by atoms with Crippen molar-refractivity contribution in [2.75, 3.05) is 0 Å². The summed E-state index contributed by atoms with van der Waals surface area (Å²) in [7, 11) is 0. The topological polar surface area (TPSA) is 92.3 Å². The second-order valence-electron chi connectivity index (χ2n) is 1.97. The van der Waals surface area contributed by atoms with E-state index in [1.54, 1.807) is 0 Å². The minimum atomic E-state index is -2.28. The molecule has 0 aliphatic rings. The molecule has 0 amide bonds. The van der Waals surface area contributed by atoms with Gasteiger partial charge in [0.1, 0.15) is 0 Å². The van der Waals surface area contributed by atoms with Crippen molar-refractivity contribution in [1.29, 1.82) is 0 Å². The van der Waals surface area contributed by atoms with Crippen molar-refractivity contribution in [2.24, 2.45) is 0 Å². The van der Waals surface area contributed by atoms with Crippen LogP contribution in [0.5, 0.6) is 0 Å². The van der Waals surface area contributed by atoms with Gasteiger partial charge in [0.25, 0.3) is 0 Å². The Labute approximate surface area is 127 Å². The van der Waals surface area contributed by atoms with Crippen LogP contribution in [0, 0.1) is 0 Å². The molecule has 0 radical (unpaired) electrons. The molecule has 0 heterocycles. The Morgan fingerprint density at radius 1 is 1.00 bits per heavy atom. The molecule has 0 aromatic rings. The Balaban J connectivity index is -0.000000500. The van der Waals surface area contributed by atoms with Gasteiger partial charge in [-0.05, 0) is 36.0 Å². The van der Waals surface area contributed by atoms with E-state index in [-0.39, 0.29) is 59.1 Å². The third-order valence-electron chi connectivity index (χ3n) is 1.05. The van der Waals surface area contributed by atoms with E-state index in [0.717, 1.165) is 0 Å². The molecule has 0 bridgehead atoms. The summed E-state index contributed by atoms with van der Waals surface area (Å²) in [5.41, 5.74) is 0. The standard InChI is InChI=1S/C4H11NO4S2.2Na/c1-3(10(6)7)5-4(2)11(8)9;;/h3-5H,1-2H3,(H,6,7)(H,8,9);;/q;2*+1/p-2. The van der Waals surface area contributed by atoms with E-state index in [2.05, 4.69) is 5.32 Å². The molecule has 0 saturated heterocycles. The molecule has 1 N–H and O–H groups in total. The van der Waals surface area contributed by atoms with Gasteiger partial charge in [0, 0.05) is 0 Å². The zero-order valence-electron chi connectivity index (χ0n) is 8.10. The first kappa shape index (κ1) is 20.6. The second kappa shape index (κ2) is 10.7. The van der Waals surface area contributed by atoms with E-state index in [1.165, 1.54) is 13.8 Å². The van der Waals surface area contributed by atoms with Crippen molar-refractivity contribution in [2.45, 2.75) is 24.6 Å². The van der Waals surface area contributed by atoms with E-state index in [1.807, 2.05) is 0 Å². The summed E-state index contributed by atoms with van der Waals surface area (Å²) in [6, 6.07) is 0. The van der Waals surface area contributed by atoms with Gasteiger partial charge in [0.15, 0.2) is 0 Å². The molecule has 4 atom stereocenters. The monoisotopic (exact) mass is 245 g/mol. The van der Waals surface area contributed by atoms with E-state index in [9.17, 15) is 17.5 Å². The van der Waals surface area contributed by atoms with Crippen LogP contribution < -0.4 is 64.4 Å². The first-order valence-electron chi connectivity index (χ1n) is 2.87. The molecule has 0 rings (SSSR count). The van der Waals surface area contributed by atoms with Crippen LogP contribution in [0.25, 0.3) is 0 Å². The molecule has 0 aromatic heterocycles. The third kappa shape index (κ3) is 10.5. The predicted molar refractivity (Wildman–Crippen MR) is 39.9 cm³/mol. The fourth-order valence-corrected chi connectivity index (χ4v) is 1.16. The van der Waals surface area contributed by atoms with Crippen molar-refractivity contribution in [3.05, 3.63) is 0 Å². The molecule has 0 saturated carbocycles. The van der Waals surface area contributed by atoms with Crippen LogP contribution in [0.15, 0.2) is 0 Å². The van der Waals surface area contributed by atoms with Crippen molar-refractivity contribution in [3.8, 4) is 0 Å². The Kier molecular flexibility index (Phi) is 16.9. The summed E-state index contributed by atoms with van der Waals surface area (Å²) in [6.45, 7) is 2.74. The van der Waals surface area contributed by atoms with Gasteiger partial charge in [0.05, 0.1) is 10.7 Å². The largest absolute Gasteiger partial charge is 1.00 e. The maximum atomic E-state index is 10.2. The van der Waals surface area contributed by atoms with Crippen LogP contribution in [0.4, 0.5) is 0 Å². The smallest absolute Gasteiger partial charge is 0.771 e. The van der Waals surface area contributed by atoms with Gasteiger partial charge in [0.2, 0.25) is 0 Å². The molecule has 68 valence electrons. The first-order valence-corrected chi connectivity index (χ1v) is 5.15. The Bertz CT molecular complexity index is 164. The Morgan fingerprint density at radius 2 is 1.23 bits per heavy atom. The maximum absolute atomic E-state index is 10.2. The number of hydrogen-bond acceptors (Lipinski definition) is 5. The average molecular weight is 245 g/mol. The van der Waals surface area contributed by atoms with Gasteiger partial charge >= 0.3 is 59.1 Å². The fourth-order valence-electron chi connectivity index (χ4n) is 0.442. The van der Waals surface area contributed by atoms with Gasteiger partial charge < -0.3 is 9.11 Å². The summed E-state index contributed by atoms with van der Waals surface area (Å²) in [6.07, 6.45) is 0. The SMILES string of the molecule is CC(NC(C)S(=O)[O-])S(=O)[O-].[Na+].[Na+]. The van der Waals surface area contributed by atoms with Crippen LogP contribution >= 0.6 is 0 Å². The van der Waals surface area contributed by atoms with Crippen molar-refractivity contribution >= 4 is 22.2 Å².